The van der Waals surface area contributed by atoms with Crippen LogP contribution in [0.25, 0.3) is 0 Å². The Morgan fingerprint density at radius 2 is 1.76 bits per heavy atom. The maximum absolute atomic E-state index is 5.65. The third-order valence-corrected chi connectivity index (χ3v) is 3.38. The number of benzene rings is 1. The van der Waals surface area contributed by atoms with Gasteiger partial charge in [0.05, 0.1) is 0 Å². The first-order valence-corrected chi connectivity index (χ1v) is 7.29. The van der Waals surface area contributed by atoms with Crippen LogP contribution in [0.3, 0.4) is 0 Å². The Hall–Kier alpha value is -2.21. The Morgan fingerprint density at radius 1 is 1.14 bits per heavy atom. The maximum atomic E-state index is 5.65. The lowest BCUT2D eigenvalue weighted by molar-refractivity contribution is 0.866. The highest BCUT2D eigenvalue weighted by molar-refractivity contribution is 7.80. The molecule has 0 saturated heterocycles. The van der Waals surface area contributed by atoms with E-state index in [-0.39, 0.29) is 4.99 Å². The van der Waals surface area contributed by atoms with Crippen LogP contribution in [-0.2, 0) is 0 Å². The second kappa shape index (κ2) is 6.99. The average molecular weight is 301 g/mol. The molecule has 2 aromatic rings. The topological polar surface area (TPSA) is 67.1 Å². The molecule has 0 atom stereocenters. The van der Waals surface area contributed by atoms with Gasteiger partial charge in [-0.25, -0.2) is 9.97 Å². The maximum Gasteiger partial charge on any atom is 0.159 e. The predicted octanol–water partition coefficient (Wildman–Crippen LogP) is 2.70. The van der Waals surface area contributed by atoms with E-state index in [0.717, 1.165) is 18.8 Å². The van der Waals surface area contributed by atoms with Gasteiger partial charge in [-0.15, -0.1) is 0 Å². The Morgan fingerprint density at radius 3 is 2.33 bits per heavy atom. The summed E-state index contributed by atoms with van der Waals surface area (Å²) in [5.74, 6) is 0.570. The number of nitrogens with two attached hydrogens (primary N) is 1. The molecule has 2 rings (SSSR count). The van der Waals surface area contributed by atoms with E-state index in [1.54, 1.807) is 12.4 Å². The average Bonchev–Trinajstić information content (AvgIpc) is 2.50. The summed E-state index contributed by atoms with van der Waals surface area (Å²) in [6.45, 7) is 6.26. The van der Waals surface area contributed by atoms with Crippen LogP contribution >= 0.6 is 12.2 Å². The summed E-state index contributed by atoms with van der Waals surface area (Å²) in [6, 6.07) is 8.16. The number of aromatic nitrogens is 2. The van der Waals surface area contributed by atoms with Gasteiger partial charge in [0.2, 0.25) is 0 Å². The summed E-state index contributed by atoms with van der Waals surface area (Å²) in [7, 11) is 0. The molecule has 0 spiro atoms. The number of hydrogen-bond acceptors (Lipinski definition) is 5. The molecule has 110 valence electrons. The van der Waals surface area contributed by atoms with E-state index in [0.29, 0.717) is 11.5 Å². The Balaban J connectivity index is 2.19. The minimum atomic E-state index is 0.227. The van der Waals surface area contributed by atoms with Crippen molar-refractivity contribution in [3.8, 4) is 0 Å². The van der Waals surface area contributed by atoms with Gasteiger partial charge in [-0.3, -0.25) is 0 Å². The molecule has 6 heteroatoms. The van der Waals surface area contributed by atoms with Gasteiger partial charge in [0.25, 0.3) is 0 Å². The van der Waals surface area contributed by atoms with Crippen LogP contribution in [0, 0.1) is 0 Å². The van der Waals surface area contributed by atoms with Crippen molar-refractivity contribution in [1.29, 1.82) is 0 Å². The van der Waals surface area contributed by atoms with E-state index >= 15 is 0 Å². The Bertz CT molecular complexity index is 608. The third-order valence-electron chi connectivity index (χ3n) is 3.19. The van der Waals surface area contributed by atoms with Crippen LogP contribution in [-0.4, -0.2) is 28.0 Å². The first-order chi connectivity index (χ1) is 10.2. The highest BCUT2D eigenvalue weighted by Gasteiger charge is 2.08. The SMILES string of the molecule is CCN(CC)c1ccc(Nc2nccnc2C(N)=S)cc1. The number of nitrogens with one attached hydrogen (secondary N) is 1. The van der Waals surface area contributed by atoms with Gasteiger partial charge in [0.1, 0.15) is 10.7 Å². The fourth-order valence-corrected chi connectivity index (χ4v) is 2.24. The normalized spacial score (nSPS) is 10.2. The summed E-state index contributed by atoms with van der Waals surface area (Å²) >= 11 is 4.98. The van der Waals surface area contributed by atoms with E-state index in [9.17, 15) is 0 Å². The molecule has 1 heterocycles. The summed E-state index contributed by atoms with van der Waals surface area (Å²) in [5, 5.41) is 3.20. The molecule has 3 N–H and O–H groups in total. The van der Waals surface area contributed by atoms with E-state index in [1.807, 2.05) is 12.1 Å². The quantitative estimate of drug-likeness (QED) is 0.800. The number of nitrogens with zero attached hydrogens (tertiary/aromatic N) is 3. The van der Waals surface area contributed by atoms with E-state index in [1.165, 1.54) is 5.69 Å². The lowest BCUT2D eigenvalue weighted by atomic mass is 10.2. The zero-order chi connectivity index (χ0) is 15.2. The molecule has 21 heavy (non-hydrogen) atoms. The minimum absolute atomic E-state index is 0.227. The van der Waals surface area contributed by atoms with Crippen molar-refractivity contribution in [3.63, 3.8) is 0 Å². The number of rotatable bonds is 6. The molecule has 0 radical (unpaired) electrons. The molecule has 1 aromatic heterocycles. The van der Waals surface area contributed by atoms with Crippen molar-refractivity contribution in [2.75, 3.05) is 23.3 Å². The zero-order valence-electron chi connectivity index (χ0n) is 12.2. The fraction of sp³-hybridized carbons (Fsp3) is 0.267. The predicted molar refractivity (Wildman–Crippen MR) is 91.2 cm³/mol. The molecular weight excluding hydrogens is 282 g/mol. The first-order valence-electron chi connectivity index (χ1n) is 6.88. The van der Waals surface area contributed by atoms with Crippen molar-refractivity contribution >= 4 is 34.4 Å². The number of thiocarbonyl (C=S) groups is 1. The molecule has 0 bridgehead atoms. The monoisotopic (exact) mass is 301 g/mol. The van der Waals surface area contributed by atoms with E-state index < -0.39 is 0 Å². The van der Waals surface area contributed by atoms with Crippen molar-refractivity contribution in [1.82, 2.24) is 9.97 Å². The van der Waals surface area contributed by atoms with Crippen LogP contribution < -0.4 is 16.0 Å². The van der Waals surface area contributed by atoms with E-state index in [4.69, 9.17) is 18.0 Å². The molecule has 0 aliphatic carbocycles. The van der Waals surface area contributed by atoms with Gasteiger partial charge in [-0.2, -0.15) is 0 Å². The minimum Gasteiger partial charge on any atom is -0.388 e. The standard InChI is InChI=1S/C15H19N5S/c1-3-20(4-2)12-7-5-11(6-8-12)19-15-13(14(16)21)17-9-10-18-15/h5-10H,3-4H2,1-2H3,(H2,16,21)(H,18,19). The molecule has 0 amide bonds. The van der Waals surface area contributed by atoms with Crippen LogP contribution in [0.5, 0.6) is 0 Å². The van der Waals surface area contributed by atoms with Crippen LogP contribution in [0.4, 0.5) is 17.2 Å². The van der Waals surface area contributed by atoms with Gasteiger partial charge in [0.15, 0.2) is 5.82 Å². The lowest BCUT2D eigenvalue weighted by Gasteiger charge is -2.21. The van der Waals surface area contributed by atoms with Gasteiger partial charge in [-0.05, 0) is 38.1 Å². The number of anilines is 3. The zero-order valence-corrected chi connectivity index (χ0v) is 13.0. The van der Waals surface area contributed by atoms with Crippen molar-refractivity contribution in [2.24, 2.45) is 5.73 Å². The van der Waals surface area contributed by atoms with Gasteiger partial charge in [0, 0.05) is 36.9 Å². The summed E-state index contributed by atoms with van der Waals surface area (Å²) < 4.78 is 0. The molecule has 0 aliphatic rings. The second-order valence-corrected chi connectivity index (χ2v) is 4.90. The Labute approximate surface area is 130 Å². The second-order valence-electron chi connectivity index (χ2n) is 4.46. The van der Waals surface area contributed by atoms with Gasteiger partial charge in [-0.1, -0.05) is 12.2 Å². The Kier molecular flexibility index (Phi) is 5.05. The molecule has 0 fully saturated rings. The molecular formula is C15H19N5S. The van der Waals surface area contributed by atoms with Gasteiger partial charge >= 0.3 is 0 Å². The molecule has 0 unspecified atom stereocenters. The molecule has 0 aliphatic heterocycles. The highest BCUT2D eigenvalue weighted by Crippen LogP contribution is 2.21. The van der Waals surface area contributed by atoms with Crippen molar-refractivity contribution < 1.29 is 0 Å². The molecule has 1 aromatic carbocycles. The largest absolute Gasteiger partial charge is 0.388 e. The molecule has 0 saturated carbocycles. The van der Waals surface area contributed by atoms with E-state index in [2.05, 4.69) is 46.2 Å². The smallest absolute Gasteiger partial charge is 0.159 e. The summed E-state index contributed by atoms with van der Waals surface area (Å²) in [4.78, 5) is 10.9. The summed E-state index contributed by atoms with van der Waals surface area (Å²) in [5.41, 5.74) is 8.26. The highest BCUT2D eigenvalue weighted by atomic mass is 32.1. The van der Waals surface area contributed by atoms with Crippen molar-refractivity contribution in [2.45, 2.75) is 13.8 Å². The van der Waals surface area contributed by atoms with Gasteiger partial charge < -0.3 is 16.0 Å². The third kappa shape index (κ3) is 3.66. The van der Waals surface area contributed by atoms with Crippen molar-refractivity contribution in [3.05, 3.63) is 42.4 Å². The first kappa shape index (κ1) is 15.2. The lowest BCUT2D eigenvalue weighted by Crippen LogP contribution is -2.21. The number of hydrogen-bond donors (Lipinski definition) is 2. The summed E-state index contributed by atoms with van der Waals surface area (Å²) in [6.07, 6.45) is 3.18. The van der Waals surface area contributed by atoms with Crippen LogP contribution in [0.2, 0.25) is 0 Å². The molecule has 5 nitrogen and oxygen atoms in total. The van der Waals surface area contributed by atoms with Crippen LogP contribution in [0.1, 0.15) is 19.5 Å². The van der Waals surface area contributed by atoms with Crippen LogP contribution in [0.15, 0.2) is 36.7 Å². The fourth-order valence-electron chi connectivity index (χ4n) is 2.09.